The Morgan fingerprint density at radius 2 is 1.96 bits per heavy atom. The zero-order chi connectivity index (χ0) is 18.4. The van der Waals surface area contributed by atoms with Crippen LogP contribution in [0.15, 0.2) is 29.1 Å². The Morgan fingerprint density at radius 1 is 1.11 bits per heavy atom. The summed E-state index contributed by atoms with van der Waals surface area (Å²) in [6.45, 7) is 2.90. The van der Waals surface area contributed by atoms with Crippen LogP contribution in [-0.2, 0) is 19.4 Å². The smallest absolute Gasteiger partial charge is 0.262 e. The third kappa shape index (κ3) is 2.96. The van der Waals surface area contributed by atoms with Gasteiger partial charge in [-0.25, -0.2) is 4.98 Å². The van der Waals surface area contributed by atoms with Crippen LogP contribution in [0.4, 0.5) is 0 Å². The van der Waals surface area contributed by atoms with Gasteiger partial charge in [-0.3, -0.25) is 9.36 Å². The van der Waals surface area contributed by atoms with E-state index in [0.717, 1.165) is 54.7 Å². The van der Waals surface area contributed by atoms with Gasteiger partial charge < -0.3 is 0 Å². The Balaban J connectivity index is 1.73. The highest BCUT2D eigenvalue weighted by Gasteiger charge is 2.24. The molecule has 0 amide bonds. The molecule has 2 aromatic heterocycles. The van der Waals surface area contributed by atoms with Crippen LogP contribution >= 0.6 is 11.3 Å². The molecule has 1 aliphatic carbocycles. The van der Waals surface area contributed by atoms with Crippen LogP contribution in [0.25, 0.3) is 21.9 Å². The second-order valence-electron chi connectivity index (χ2n) is 7.82. The maximum atomic E-state index is 13.4. The van der Waals surface area contributed by atoms with Gasteiger partial charge in [0.2, 0.25) is 0 Å². The second kappa shape index (κ2) is 6.75. The molecule has 138 valence electrons. The molecule has 0 radical (unpaired) electrons. The quantitative estimate of drug-likeness (QED) is 0.572. The number of aromatic nitrogens is 2. The minimum atomic E-state index is 0.187. The number of hydrogen-bond donors (Lipinski definition) is 0. The molecular weight excluding hydrogens is 352 g/mol. The molecule has 0 fully saturated rings. The van der Waals surface area contributed by atoms with Crippen LogP contribution in [-0.4, -0.2) is 9.55 Å². The molecule has 0 bridgehead atoms. The maximum absolute atomic E-state index is 13.4. The lowest BCUT2D eigenvalue weighted by atomic mass is 9.97. The van der Waals surface area contributed by atoms with Gasteiger partial charge in [-0.1, -0.05) is 29.8 Å². The highest BCUT2D eigenvalue weighted by molar-refractivity contribution is 7.18. The fourth-order valence-electron chi connectivity index (χ4n) is 4.49. The summed E-state index contributed by atoms with van der Waals surface area (Å²) in [7, 11) is 0. The minimum absolute atomic E-state index is 0.187. The van der Waals surface area contributed by atoms with Crippen LogP contribution in [0.1, 0.15) is 59.5 Å². The molecule has 27 heavy (non-hydrogen) atoms. The lowest BCUT2D eigenvalue weighted by molar-refractivity contribution is 0.613. The van der Waals surface area contributed by atoms with Crippen molar-refractivity contribution in [2.45, 2.75) is 58.4 Å². The normalized spacial score (nSPS) is 18.3. The van der Waals surface area contributed by atoms with Gasteiger partial charge >= 0.3 is 0 Å². The highest BCUT2D eigenvalue weighted by atomic mass is 32.1. The molecule has 4 heteroatoms. The van der Waals surface area contributed by atoms with Gasteiger partial charge in [0.05, 0.1) is 5.39 Å². The summed E-state index contributed by atoms with van der Waals surface area (Å²) in [5, 5.41) is 0.912. The van der Waals surface area contributed by atoms with Crippen LogP contribution in [0, 0.1) is 6.92 Å². The maximum Gasteiger partial charge on any atom is 0.262 e. The molecule has 0 saturated carbocycles. The molecule has 3 aromatic rings. The highest BCUT2D eigenvalue weighted by Crippen LogP contribution is 2.35. The Kier molecular flexibility index (Phi) is 4.24. The molecule has 0 N–H and O–H groups in total. The molecule has 2 aliphatic rings. The molecule has 3 nitrogen and oxygen atoms in total. The summed E-state index contributed by atoms with van der Waals surface area (Å²) in [6, 6.07) is 8.54. The fraction of sp³-hybridized carbons (Fsp3) is 0.391. The third-order valence-electron chi connectivity index (χ3n) is 5.82. The standard InChI is InChI=1S/C23H24N2OS/c1-15-7-6-8-16(13-15)14-17-9-4-5-12-25-21(17)24-22-20(23(25)26)18-10-2-3-11-19(18)27-22/h6-8,13-14H,2-5,9-12H2,1H3/b17-14+. The Bertz CT molecular complexity index is 1120. The number of hydrogen-bond acceptors (Lipinski definition) is 3. The number of fused-ring (bicyclic) bond motifs is 4. The largest absolute Gasteiger partial charge is 0.292 e. The molecule has 5 rings (SSSR count). The number of aryl methyl sites for hydroxylation is 3. The molecule has 3 heterocycles. The average Bonchev–Trinajstić information content (AvgIpc) is 2.92. The van der Waals surface area contributed by atoms with Crippen LogP contribution < -0.4 is 5.56 Å². The van der Waals surface area contributed by atoms with Crippen LogP contribution in [0.2, 0.25) is 0 Å². The van der Waals surface area contributed by atoms with Crippen molar-refractivity contribution >= 4 is 33.2 Å². The fourth-order valence-corrected chi connectivity index (χ4v) is 5.74. The van der Waals surface area contributed by atoms with Crippen molar-refractivity contribution in [2.75, 3.05) is 0 Å². The van der Waals surface area contributed by atoms with E-state index in [1.165, 1.54) is 40.0 Å². The van der Waals surface area contributed by atoms with Crippen LogP contribution in [0.5, 0.6) is 0 Å². The van der Waals surface area contributed by atoms with E-state index in [-0.39, 0.29) is 5.56 Å². The lowest BCUT2D eigenvalue weighted by Gasteiger charge is -2.13. The lowest BCUT2D eigenvalue weighted by Crippen LogP contribution is -2.24. The van der Waals surface area contributed by atoms with E-state index < -0.39 is 0 Å². The molecular formula is C23H24N2OS. The topological polar surface area (TPSA) is 34.9 Å². The zero-order valence-corrected chi connectivity index (χ0v) is 16.6. The Hall–Kier alpha value is -2.20. The van der Waals surface area contributed by atoms with Gasteiger partial charge in [0.15, 0.2) is 0 Å². The van der Waals surface area contributed by atoms with Gasteiger partial charge in [0.1, 0.15) is 10.7 Å². The number of thiophene rings is 1. The van der Waals surface area contributed by atoms with Crippen LogP contribution in [0.3, 0.4) is 0 Å². The van der Waals surface area contributed by atoms with Gasteiger partial charge in [-0.15, -0.1) is 11.3 Å². The molecule has 0 saturated heterocycles. The SMILES string of the molecule is Cc1cccc(/C=C2\CCCCn3c2nc2sc4c(c2c3=O)CCCC4)c1. The van der Waals surface area contributed by atoms with E-state index in [9.17, 15) is 4.79 Å². The van der Waals surface area contributed by atoms with Crippen molar-refractivity contribution in [1.29, 1.82) is 0 Å². The van der Waals surface area contributed by atoms with Crippen molar-refractivity contribution in [3.05, 3.63) is 62.0 Å². The molecule has 0 spiro atoms. The summed E-state index contributed by atoms with van der Waals surface area (Å²) >= 11 is 1.75. The first-order chi connectivity index (χ1) is 13.2. The van der Waals surface area contributed by atoms with E-state index in [2.05, 4.69) is 37.3 Å². The monoisotopic (exact) mass is 376 g/mol. The van der Waals surface area contributed by atoms with E-state index in [0.29, 0.717) is 0 Å². The molecule has 1 aliphatic heterocycles. The van der Waals surface area contributed by atoms with Gasteiger partial charge in [-0.05, 0) is 74.6 Å². The molecule has 0 atom stereocenters. The van der Waals surface area contributed by atoms with Gasteiger partial charge in [0, 0.05) is 11.4 Å². The molecule has 0 unspecified atom stereocenters. The first-order valence-electron chi connectivity index (χ1n) is 10.0. The summed E-state index contributed by atoms with van der Waals surface area (Å²) in [5.41, 5.74) is 5.13. The van der Waals surface area contributed by atoms with E-state index in [1.807, 2.05) is 4.57 Å². The van der Waals surface area contributed by atoms with Crippen molar-refractivity contribution in [2.24, 2.45) is 0 Å². The van der Waals surface area contributed by atoms with Crippen molar-refractivity contribution in [3.8, 4) is 0 Å². The van der Waals surface area contributed by atoms with E-state index in [4.69, 9.17) is 4.98 Å². The van der Waals surface area contributed by atoms with Crippen molar-refractivity contribution in [1.82, 2.24) is 9.55 Å². The van der Waals surface area contributed by atoms with Crippen molar-refractivity contribution < 1.29 is 0 Å². The average molecular weight is 377 g/mol. The summed E-state index contributed by atoms with van der Waals surface area (Å²) < 4.78 is 1.96. The number of allylic oxidation sites excluding steroid dienone is 1. The number of rotatable bonds is 1. The van der Waals surface area contributed by atoms with Gasteiger partial charge in [-0.2, -0.15) is 0 Å². The second-order valence-corrected chi connectivity index (χ2v) is 8.91. The van der Waals surface area contributed by atoms with Crippen molar-refractivity contribution in [3.63, 3.8) is 0 Å². The first kappa shape index (κ1) is 16.9. The number of benzene rings is 1. The van der Waals surface area contributed by atoms with Gasteiger partial charge in [0.25, 0.3) is 5.56 Å². The van der Waals surface area contributed by atoms with E-state index >= 15 is 0 Å². The minimum Gasteiger partial charge on any atom is -0.292 e. The first-order valence-corrected chi connectivity index (χ1v) is 10.8. The zero-order valence-electron chi connectivity index (χ0n) is 15.8. The summed E-state index contributed by atoms with van der Waals surface area (Å²) in [4.78, 5) is 20.8. The summed E-state index contributed by atoms with van der Waals surface area (Å²) in [5.74, 6) is 0.894. The number of nitrogens with zero attached hydrogens (tertiary/aromatic N) is 2. The predicted molar refractivity (Wildman–Crippen MR) is 113 cm³/mol. The Morgan fingerprint density at radius 3 is 2.85 bits per heavy atom. The molecule has 1 aromatic carbocycles. The van der Waals surface area contributed by atoms with E-state index in [1.54, 1.807) is 11.3 Å². The summed E-state index contributed by atoms with van der Waals surface area (Å²) in [6.07, 6.45) is 9.93. The third-order valence-corrected chi connectivity index (χ3v) is 7.01. The Labute approximate surface area is 163 Å². The predicted octanol–water partition coefficient (Wildman–Crippen LogP) is 5.37.